The maximum atomic E-state index is 6.76. The van der Waals surface area contributed by atoms with Crippen LogP contribution >= 0.6 is 0 Å². The van der Waals surface area contributed by atoms with Gasteiger partial charge >= 0.3 is 0 Å². The van der Waals surface area contributed by atoms with E-state index in [0.717, 1.165) is 12.2 Å². The van der Waals surface area contributed by atoms with Gasteiger partial charge in [0.05, 0.1) is 5.69 Å². The lowest BCUT2D eigenvalue weighted by Crippen LogP contribution is -2.55. The maximum Gasteiger partial charge on any atom is 0.276 e. The number of ether oxygens (including phenoxy) is 2. The van der Waals surface area contributed by atoms with E-state index in [1.807, 2.05) is 0 Å². The van der Waals surface area contributed by atoms with Gasteiger partial charge in [-0.15, -0.1) is 0 Å². The highest BCUT2D eigenvalue weighted by Gasteiger charge is 2.53. The Balaban J connectivity index is 1.31. The van der Waals surface area contributed by atoms with Crippen molar-refractivity contribution in [3.05, 3.63) is 131 Å². The second kappa shape index (κ2) is 9.56. The largest absolute Gasteiger partial charge is 0.457 e. The molecule has 4 heteroatoms. The molecule has 0 bridgehead atoms. The van der Waals surface area contributed by atoms with Crippen molar-refractivity contribution in [1.29, 1.82) is 0 Å². The predicted molar refractivity (Wildman–Crippen MR) is 195 cm³/mol. The normalized spacial score (nSPS) is 22.4. The summed E-state index contributed by atoms with van der Waals surface area (Å²) >= 11 is 0. The number of benzene rings is 4. The number of nitrogens with zero attached hydrogens (tertiary/aromatic N) is 1. The highest BCUT2D eigenvalue weighted by molar-refractivity contribution is 6.94. The van der Waals surface area contributed by atoms with E-state index in [-0.39, 0.29) is 35.0 Å². The third kappa shape index (κ3) is 4.13. The summed E-state index contributed by atoms with van der Waals surface area (Å²) in [5, 5.41) is 0. The van der Waals surface area contributed by atoms with Gasteiger partial charge in [-0.2, -0.15) is 0 Å². The lowest BCUT2D eigenvalue weighted by atomic mass is 9.32. The van der Waals surface area contributed by atoms with Gasteiger partial charge in [-0.05, 0) is 91.7 Å². The summed E-state index contributed by atoms with van der Waals surface area (Å²) in [4.78, 5) is 2.52. The second-order valence-electron chi connectivity index (χ2n) is 16.4. The fourth-order valence-electron chi connectivity index (χ4n) is 9.31. The molecule has 2 unspecified atom stereocenters. The average Bonchev–Trinajstić information content (AvgIpc) is 3.49. The molecule has 3 nitrogen and oxygen atoms in total. The molecular formula is C43H42BNO2. The van der Waals surface area contributed by atoms with Crippen LogP contribution in [0.1, 0.15) is 66.0 Å². The van der Waals surface area contributed by atoms with E-state index < -0.39 is 0 Å². The maximum absolute atomic E-state index is 6.76. The number of rotatable bonds is 2. The van der Waals surface area contributed by atoms with Crippen LogP contribution in [-0.4, -0.2) is 12.8 Å². The van der Waals surface area contributed by atoms with Gasteiger partial charge in [0.25, 0.3) is 12.7 Å². The number of allylic oxidation sites excluding steroid dienone is 2. The first-order chi connectivity index (χ1) is 22.4. The lowest BCUT2D eigenvalue weighted by molar-refractivity contribution is 0.0834. The summed E-state index contributed by atoms with van der Waals surface area (Å²) in [6, 6.07) is 31.3. The first-order valence-corrected chi connectivity index (χ1v) is 17.2. The van der Waals surface area contributed by atoms with E-state index in [0.29, 0.717) is 5.95 Å². The molecule has 234 valence electrons. The molecule has 0 aromatic heterocycles. The zero-order valence-corrected chi connectivity index (χ0v) is 28.5. The molecule has 0 fully saturated rings. The van der Waals surface area contributed by atoms with Gasteiger partial charge in [-0.25, -0.2) is 0 Å². The van der Waals surface area contributed by atoms with E-state index in [1.165, 1.54) is 61.3 Å². The Hall–Kier alpha value is -4.44. The molecule has 0 spiro atoms. The molecule has 0 radical (unpaired) electrons. The minimum Gasteiger partial charge on any atom is -0.457 e. The number of para-hydroxylation sites is 1. The Labute approximate surface area is 279 Å². The van der Waals surface area contributed by atoms with Gasteiger partial charge in [-0.3, -0.25) is 0 Å². The first-order valence-electron chi connectivity index (χ1n) is 17.2. The van der Waals surface area contributed by atoms with Crippen LogP contribution in [0.4, 0.5) is 17.1 Å². The van der Waals surface area contributed by atoms with Crippen molar-refractivity contribution >= 4 is 34.7 Å². The van der Waals surface area contributed by atoms with Crippen molar-refractivity contribution < 1.29 is 9.47 Å². The number of hydrogen-bond acceptors (Lipinski definition) is 3. The second-order valence-corrected chi connectivity index (χ2v) is 16.4. The minimum atomic E-state index is -0.0675. The number of fused-ring (bicyclic) bond motifs is 6. The third-order valence-corrected chi connectivity index (χ3v) is 11.3. The first kappa shape index (κ1) is 28.8. The highest BCUT2D eigenvalue weighted by Crippen LogP contribution is 2.54. The molecule has 0 saturated carbocycles. The average molecular weight is 616 g/mol. The van der Waals surface area contributed by atoms with Crippen molar-refractivity contribution in [2.24, 2.45) is 11.3 Å². The third-order valence-electron chi connectivity index (χ3n) is 11.3. The molecule has 9 rings (SSSR count). The van der Waals surface area contributed by atoms with Gasteiger partial charge in [0.15, 0.2) is 0 Å². The highest BCUT2D eigenvalue weighted by atomic mass is 16.7. The van der Waals surface area contributed by atoms with Crippen LogP contribution in [0.3, 0.4) is 0 Å². The molecule has 0 N–H and O–H groups in total. The topological polar surface area (TPSA) is 21.7 Å². The SMILES string of the molecule is CC(C)(C)C1=CC2OC3=C(B4c5cc6c(cc5N(c5ccccc5-c5ccccc5)c5cccc(c54)O3)C(C)(C)CC6(C)C)C2C=C1. The summed E-state index contributed by atoms with van der Waals surface area (Å²) < 4.78 is 13.5. The quantitative estimate of drug-likeness (QED) is 0.210. The van der Waals surface area contributed by atoms with E-state index in [1.54, 1.807) is 0 Å². The number of anilines is 3. The Morgan fingerprint density at radius 3 is 2.26 bits per heavy atom. The van der Waals surface area contributed by atoms with Crippen LogP contribution in [0.15, 0.2) is 120 Å². The Kier molecular flexibility index (Phi) is 5.85. The van der Waals surface area contributed by atoms with Crippen molar-refractivity contribution in [2.75, 3.05) is 4.90 Å². The smallest absolute Gasteiger partial charge is 0.276 e. The molecule has 47 heavy (non-hydrogen) atoms. The van der Waals surface area contributed by atoms with Crippen LogP contribution in [-0.2, 0) is 15.6 Å². The van der Waals surface area contributed by atoms with E-state index in [4.69, 9.17) is 9.47 Å². The van der Waals surface area contributed by atoms with Gasteiger partial charge in [-0.1, -0.05) is 121 Å². The van der Waals surface area contributed by atoms with Crippen LogP contribution < -0.4 is 20.6 Å². The zero-order valence-electron chi connectivity index (χ0n) is 28.5. The minimum absolute atomic E-state index is 0.0362. The Morgan fingerprint density at radius 1 is 0.787 bits per heavy atom. The zero-order chi connectivity index (χ0) is 32.5. The number of hydrogen-bond donors (Lipinski definition) is 0. The summed E-state index contributed by atoms with van der Waals surface area (Å²) in [6.45, 7) is 16.5. The molecule has 0 saturated heterocycles. The standard InChI is InChI=1S/C43H42BNO2/c1-41(2,3)27-20-21-29-37(22-27)47-40-38(29)44-32-23-30-31(43(6,7)25-42(30,4)5)24-35(32)45(34-18-13-19-36(46-40)39(34)44)33-17-12-11-16-28(33)26-14-9-8-10-15-26/h8-24,29,37H,25H2,1-7H3. The van der Waals surface area contributed by atoms with Crippen LogP contribution in [0.25, 0.3) is 11.1 Å². The van der Waals surface area contributed by atoms with Crippen molar-refractivity contribution in [2.45, 2.75) is 71.8 Å². The Bertz CT molecular complexity index is 2080. The fraction of sp³-hybridized carbons (Fsp3) is 0.302. The van der Waals surface area contributed by atoms with Crippen molar-refractivity contribution in [3.8, 4) is 16.9 Å². The molecule has 4 aromatic rings. The van der Waals surface area contributed by atoms with Gasteiger partial charge in [0.2, 0.25) is 0 Å². The monoisotopic (exact) mass is 615 g/mol. The van der Waals surface area contributed by atoms with Crippen LogP contribution in [0.5, 0.6) is 5.75 Å². The van der Waals surface area contributed by atoms with Crippen LogP contribution in [0, 0.1) is 11.3 Å². The van der Waals surface area contributed by atoms with Gasteiger partial charge in [0, 0.05) is 22.9 Å². The molecule has 4 aromatic carbocycles. The van der Waals surface area contributed by atoms with E-state index >= 15 is 0 Å². The summed E-state index contributed by atoms with van der Waals surface area (Å²) in [7, 11) is 0. The van der Waals surface area contributed by atoms with Gasteiger partial charge < -0.3 is 14.4 Å². The molecule has 3 heterocycles. The van der Waals surface area contributed by atoms with E-state index in [2.05, 4.69) is 157 Å². The van der Waals surface area contributed by atoms with Gasteiger partial charge in [0.1, 0.15) is 11.9 Å². The predicted octanol–water partition coefficient (Wildman–Crippen LogP) is 9.41. The molecule has 3 aliphatic heterocycles. The summed E-state index contributed by atoms with van der Waals surface area (Å²) in [5.74, 6) is 1.70. The summed E-state index contributed by atoms with van der Waals surface area (Å²) in [6.07, 6.45) is 8.08. The Morgan fingerprint density at radius 2 is 1.49 bits per heavy atom. The fourth-order valence-corrected chi connectivity index (χ4v) is 9.31. The summed E-state index contributed by atoms with van der Waals surface area (Å²) in [5.41, 5.74) is 14.3. The molecule has 2 atom stereocenters. The molecule has 5 aliphatic rings. The lowest BCUT2D eigenvalue weighted by Gasteiger charge is -2.41. The van der Waals surface area contributed by atoms with Crippen molar-refractivity contribution in [3.63, 3.8) is 0 Å². The van der Waals surface area contributed by atoms with Crippen molar-refractivity contribution in [1.82, 2.24) is 0 Å². The van der Waals surface area contributed by atoms with E-state index in [9.17, 15) is 0 Å². The van der Waals surface area contributed by atoms with Crippen LogP contribution in [0.2, 0.25) is 0 Å². The molecular weight excluding hydrogens is 573 g/mol. The molecule has 0 amide bonds. The molecule has 2 aliphatic carbocycles.